The number of nitrogens with one attached hydrogen (secondary N) is 3. The van der Waals surface area contributed by atoms with Crippen molar-refractivity contribution in [2.45, 2.75) is 32.3 Å². The predicted octanol–water partition coefficient (Wildman–Crippen LogP) is 4.27. The van der Waals surface area contributed by atoms with Gasteiger partial charge in [0, 0.05) is 29.6 Å². The molecule has 0 unspecified atom stereocenters. The largest absolute Gasteiger partial charge is 0.490 e. The maximum absolute atomic E-state index is 13.3. The number of hydrogen-bond donors (Lipinski definition) is 3. The van der Waals surface area contributed by atoms with Crippen LogP contribution in [0.4, 0.5) is 16.0 Å². The molecule has 7 nitrogen and oxygen atoms in total. The van der Waals surface area contributed by atoms with Crippen LogP contribution in [-0.4, -0.2) is 39.4 Å². The molecule has 0 amide bonds. The Morgan fingerprint density at radius 3 is 2.62 bits per heavy atom. The summed E-state index contributed by atoms with van der Waals surface area (Å²) < 4.78 is 19.5. The molecule has 1 fully saturated rings. The number of aromatic amines is 1. The minimum atomic E-state index is -0.260. The minimum absolute atomic E-state index is 0.207. The highest BCUT2D eigenvalue weighted by molar-refractivity contribution is 5.91. The number of rotatable bonds is 6. The lowest BCUT2D eigenvalue weighted by Gasteiger charge is -2.24. The van der Waals surface area contributed by atoms with Crippen LogP contribution in [0.5, 0.6) is 5.75 Å². The molecule has 0 radical (unpaired) electrons. The van der Waals surface area contributed by atoms with E-state index in [1.165, 1.54) is 12.1 Å². The van der Waals surface area contributed by atoms with E-state index in [1.54, 1.807) is 12.1 Å². The van der Waals surface area contributed by atoms with Crippen molar-refractivity contribution in [3.05, 3.63) is 71.4 Å². The highest BCUT2D eigenvalue weighted by Crippen LogP contribution is 2.28. The number of H-pyrrole nitrogens is 1. The molecule has 1 saturated heterocycles. The number of anilines is 2. The molecular weight excluding hydrogens is 407 g/mol. The van der Waals surface area contributed by atoms with Crippen molar-refractivity contribution in [3.8, 4) is 5.75 Å². The topological polar surface area (TPSA) is 87.8 Å². The second-order valence-electron chi connectivity index (χ2n) is 8.10. The molecule has 0 spiro atoms. The molecule has 2 aromatic heterocycles. The summed E-state index contributed by atoms with van der Waals surface area (Å²) in [5.74, 6) is 2.54. The standard InChI is InChI=1S/C24H25FN6O/c1-15-12-23(31-30-15)29-24-20-7-6-19(32-18-8-10-26-11-9-18)14-21(20)27-22(28-24)13-16-2-4-17(25)5-3-16/h2-7,12,14,18,26H,8-11,13H2,1H3,(H2,27,28,29,30,31). The molecular formula is C24H25FN6O. The number of aryl methyl sites for hydroxylation is 1. The lowest BCUT2D eigenvalue weighted by atomic mass is 10.1. The zero-order chi connectivity index (χ0) is 21.9. The number of piperidine rings is 1. The van der Waals surface area contributed by atoms with Crippen LogP contribution in [0.2, 0.25) is 0 Å². The third kappa shape index (κ3) is 4.70. The molecule has 4 aromatic rings. The fraction of sp³-hybridized carbons (Fsp3) is 0.292. The normalized spacial score (nSPS) is 14.6. The zero-order valence-electron chi connectivity index (χ0n) is 17.9. The van der Waals surface area contributed by atoms with Gasteiger partial charge < -0.3 is 15.4 Å². The van der Waals surface area contributed by atoms with E-state index in [2.05, 4.69) is 20.8 Å². The Balaban J connectivity index is 1.50. The van der Waals surface area contributed by atoms with Crippen LogP contribution < -0.4 is 15.4 Å². The first-order valence-corrected chi connectivity index (χ1v) is 10.8. The second-order valence-corrected chi connectivity index (χ2v) is 8.10. The van der Waals surface area contributed by atoms with Gasteiger partial charge in [-0.3, -0.25) is 5.10 Å². The summed E-state index contributed by atoms with van der Waals surface area (Å²) in [6.07, 6.45) is 2.68. The molecule has 3 heterocycles. The molecule has 5 rings (SSSR count). The average Bonchev–Trinajstić information content (AvgIpc) is 3.20. The summed E-state index contributed by atoms with van der Waals surface area (Å²) in [6, 6.07) is 14.2. The lowest BCUT2D eigenvalue weighted by molar-refractivity contribution is 0.162. The van der Waals surface area contributed by atoms with Gasteiger partial charge in [0.25, 0.3) is 0 Å². The predicted molar refractivity (Wildman–Crippen MR) is 122 cm³/mol. The van der Waals surface area contributed by atoms with Crippen molar-refractivity contribution in [3.63, 3.8) is 0 Å². The van der Waals surface area contributed by atoms with Gasteiger partial charge in [-0.2, -0.15) is 5.10 Å². The van der Waals surface area contributed by atoms with Crippen molar-refractivity contribution in [1.82, 2.24) is 25.5 Å². The van der Waals surface area contributed by atoms with E-state index in [0.717, 1.165) is 53.8 Å². The van der Waals surface area contributed by atoms with Gasteiger partial charge in [0.1, 0.15) is 29.3 Å². The van der Waals surface area contributed by atoms with Crippen LogP contribution in [0.15, 0.2) is 48.5 Å². The van der Waals surface area contributed by atoms with Crippen molar-refractivity contribution in [2.24, 2.45) is 0 Å². The summed E-state index contributed by atoms with van der Waals surface area (Å²) in [4.78, 5) is 9.54. The summed E-state index contributed by atoms with van der Waals surface area (Å²) in [5.41, 5.74) is 2.68. The van der Waals surface area contributed by atoms with Gasteiger partial charge in [0.05, 0.1) is 5.52 Å². The minimum Gasteiger partial charge on any atom is -0.490 e. The number of halogens is 1. The molecule has 3 N–H and O–H groups in total. The maximum atomic E-state index is 13.3. The number of aromatic nitrogens is 4. The first-order valence-electron chi connectivity index (χ1n) is 10.8. The van der Waals surface area contributed by atoms with Crippen LogP contribution in [0.1, 0.15) is 29.9 Å². The van der Waals surface area contributed by atoms with Crippen LogP contribution in [0.25, 0.3) is 10.9 Å². The monoisotopic (exact) mass is 432 g/mol. The van der Waals surface area contributed by atoms with Crippen molar-refractivity contribution in [2.75, 3.05) is 18.4 Å². The molecule has 0 saturated carbocycles. The van der Waals surface area contributed by atoms with E-state index in [4.69, 9.17) is 14.7 Å². The van der Waals surface area contributed by atoms with E-state index in [9.17, 15) is 4.39 Å². The number of ether oxygens (including phenoxy) is 1. The third-order valence-corrected chi connectivity index (χ3v) is 5.53. The Bertz CT molecular complexity index is 1220. The molecule has 0 bridgehead atoms. The fourth-order valence-electron chi connectivity index (χ4n) is 3.90. The number of fused-ring (bicyclic) bond motifs is 1. The SMILES string of the molecule is Cc1cc(Nc2nc(Cc3ccc(F)cc3)nc3cc(OC4CCNCC4)ccc23)n[nH]1. The first-order chi connectivity index (χ1) is 15.6. The van der Waals surface area contributed by atoms with Crippen LogP contribution in [0, 0.1) is 12.7 Å². The van der Waals surface area contributed by atoms with Crippen molar-refractivity contribution >= 4 is 22.5 Å². The quantitative estimate of drug-likeness (QED) is 0.422. The molecule has 2 aromatic carbocycles. The van der Waals surface area contributed by atoms with Gasteiger partial charge >= 0.3 is 0 Å². The van der Waals surface area contributed by atoms with Crippen molar-refractivity contribution in [1.29, 1.82) is 0 Å². The molecule has 0 aliphatic carbocycles. The molecule has 1 aliphatic rings. The van der Waals surface area contributed by atoms with Gasteiger partial charge in [-0.15, -0.1) is 0 Å². The highest BCUT2D eigenvalue weighted by Gasteiger charge is 2.16. The zero-order valence-corrected chi connectivity index (χ0v) is 17.9. The van der Waals surface area contributed by atoms with Gasteiger partial charge in [-0.25, -0.2) is 14.4 Å². The Kier molecular flexibility index (Phi) is 5.68. The van der Waals surface area contributed by atoms with Crippen LogP contribution in [-0.2, 0) is 6.42 Å². The Labute approximate surface area is 185 Å². The highest BCUT2D eigenvalue weighted by atomic mass is 19.1. The Morgan fingerprint density at radius 1 is 1.06 bits per heavy atom. The van der Waals surface area contributed by atoms with E-state index in [-0.39, 0.29) is 11.9 Å². The molecule has 1 aliphatic heterocycles. The van der Waals surface area contributed by atoms with Crippen LogP contribution in [0.3, 0.4) is 0 Å². The smallest absolute Gasteiger partial charge is 0.153 e. The Hall–Kier alpha value is -3.52. The lowest BCUT2D eigenvalue weighted by Crippen LogP contribution is -2.34. The molecule has 0 atom stereocenters. The van der Waals surface area contributed by atoms with E-state index >= 15 is 0 Å². The van der Waals surface area contributed by atoms with Gasteiger partial charge in [-0.05, 0) is 62.7 Å². The number of benzene rings is 2. The Morgan fingerprint density at radius 2 is 1.88 bits per heavy atom. The molecule has 32 heavy (non-hydrogen) atoms. The van der Waals surface area contributed by atoms with E-state index in [0.29, 0.717) is 23.9 Å². The summed E-state index contributed by atoms with van der Waals surface area (Å²) >= 11 is 0. The second kappa shape index (κ2) is 8.92. The summed E-state index contributed by atoms with van der Waals surface area (Å²) in [5, 5.41) is 14.7. The summed E-state index contributed by atoms with van der Waals surface area (Å²) in [7, 11) is 0. The molecule has 164 valence electrons. The average molecular weight is 433 g/mol. The summed E-state index contributed by atoms with van der Waals surface area (Å²) in [6.45, 7) is 3.89. The van der Waals surface area contributed by atoms with Gasteiger partial charge in [0.15, 0.2) is 5.82 Å². The molecule has 8 heteroatoms. The van der Waals surface area contributed by atoms with E-state index < -0.39 is 0 Å². The van der Waals surface area contributed by atoms with Crippen LogP contribution >= 0.6 is 0 Å². The first kappa shape index (κ1) is 20.4. The fourth-order valence-corrected chi connectivity index (χ4v) is 3.90. The van der Waals surface area contributed by atoms with Gasteiger partial charge in [0.2, 0.25) is 0 Å². The number of hydrogen-bond acceptors (Lipinski definition) is 6. The number of nitrogens with zero attached hydrogens (tertiary/aromatic N) is 3. The van der Waals surface area contributed by atoms with Crippen molar-refractivity contribution < 1.29 is 9.13 Å². The van der Waals surface area contributed by atoms with Gasteiger partial charge in [-0.1, -0.05) is 12.1 Å². The maximum Gasteiger partial charge on any atom is 0.153 e. The van der Waals surface area contributed by atoms with E-state index in [1.807, 2.05) is 31.2 Å². The third-order valence-electron chi connectivity index (χ3n) is 5.53.